The lowest BCUT2D eigenvalue weighted by Crippen LogP contribution is -2.34. The van der Waals surface area contributed by atoms with Gasteiger partial charge < -0.3 is 20.1 Å². The van der Waals surface area contributed by atoms with Crippen molar-refractivity contribution in [3.05, 3.63) is 12.3 Å². The molecule has 22 heavy (non-hydrogen) atoms. The van der Waals surface area contributed by atoms with Crippen molar-refractivity contribution in [2.24, 2.45) is 0 Å². The van der Waals surface area contributed by atoms with E-state index in [1.165, 1.54) is 0 Å². The predicted octanol–water partition coefficient (Wildman–Crippen LogP) is 1.75. The highest BCUT2D eigenvalue weighted by molar-refractivity contribution is 5.79. The van der Waals surface area contributed by atoms with E-state index in [1.54, 1.807) is 0 Å². The molecule has 0 aromatic carbocycles. The van der Waals surface area contributed by atoms with Crippen molar-refractivity contribution in [3.63, 3.8) is 0 Å². The average Bonchev–Trinajstić information content (AvgIpc) is 2.32. The van der Waals surface area contributed by atoms with Gasteiger partial charge in [-0.1, -0.05) is 6.58 Å². The summed E-state index contributed by atoms with van der Waals surface area (Å²) in [5.41, 5.74) is -0.165. The first-order valence-corrected chi connectivity index (χ1v) is 7.41. The lowest BCUT2D eigenvalue weighted by molar-refractivity contribution is -0.130. The molecule has 0 rings (SSSR count). The largest absolute Gasteiger partial charge is 0.366 e. The Morgan fingerprint density at radius 2 is 1.36 bits per heavy atom. The van der Waals surface area contributed by atoms with E-state index in [0.29, 0.717) is 18.7 Å². The third-order valence-corrected chi connectivity index (χ3v) is 2.34. The van der Waals surface area contributed by atoms with Crippen molar-refractivity contribution in [1.29, 1.82) is 0 Å². The van der Waals surface area contributed by atoms with Crippen LogP contribution in [0.15, 0.2) is 12.3 Å². The molecular weight excluding hydrogens is 284 g/mol. The Labute approximate surface area is 133 Å². The van der Waals surface area contributed by atoms with E-state index in [2.05, 4.69) is 17.2 Å². The van der Waals surface area contributed by atoms with Gasteiger partial charge in [0.15, 0.2) is 0 Å². The van der Waals surface area contributed by atoms with Crippen LogP contribution in [0.25, 0.3) is 0 Å². The van der Waals surface area contributed by atoms with Crippen LogP contribution in [0.2, 0.25) is 0 Å². The molecule has 6 heteroatoms. The highest BCUT2D eigenvalue weighted by Gasteiger charge is 2.14. The molecule has 6 nitrogen and oxygen atoms in total. The van der Waals surface area contributed by atoms with Crippen molar-refractivity contribution < 1.29 is 19.1 Å². The number of carbonyl (C=O) groups excluding carboxylic acids is 2. The zero-order valence-electron chi connectivity index (χ0n) is 14.7. The number of hydrogen-bond donors (Lipinski definition) is 2. The van der Waals surface area contributed by atoms with Gasteiger partial charge in [0.1, 0.15) is 13.2 Å². The fourth-order valence-electron chi connectivity index (χ4n) is 1.26. The molecule has 2 N–H and O–H groups in total. The van der Waals surface area contributed by atoms with Gasteiger partial charge in [-0.05, 0) is 41.5 Å². The zero-order chi connectivity index (χ0) is 17.4. The SMILES string of the molecule is C=C(CCNC(=O)COC(C)(C)C)NC(=O)COC(C)(C)C. The Bertz CT molecular complexity index is 392. The molecule has 0 unspecified atom stereocenters. The molecule has 128 valence electrons. The average molecular weight is 314 g/mol. The molecule has 0 aromatic heterocycles. The van der Waals surface area contributed by atoms with E-state index in [1.807, 2.05) is 41.5 Å². The molecule has 0 heterocycles. The highest BCUT2D eigenvalue weighted by Crippen LogP contribution is 2.06. The maximum Gasteiger partial charge on any atom is 0.250 e. The number of rotatable bonds is 8. The van der Waals surface area contributed by atoms with E-state index in [-0.39, 0.29) is 36.2 Å². The molecule has 0 aliphatic rings. The predicted molar refractivity (Wildman–Crippen MR) is 86.3 cm³/mol. The molecule has 0 fully saturated rings. The standard InChI is InChI=1S/C16H30N2O4/c1-12(18-14(20)11-22-16(5,6)7)8-9-17-13(19)10-21-15(2,3)4/h1,8-11H2,2-7H3,(H,17,19)(H,18,20). The molecule has 0 saturated carbocycles. The third kappa shape index (κ3) is 13.6. The van der Waals surface area contributed by atoms with Crippen molar-refractivity contribution in [2.45, 2.75) is 59.2 Å². The number of carbonyl (C=O) groups is 2. The molecule has 0 saturated heterocycles. The smallest absolute Gasteiger partial charge is 0.250 e. The maximum absolute atomic E-state index is 11.6. The van der Waals surface area contributed by atoms with Crippen molar-refractivity contribution in [1.82, 2.24) is 10.6 Å². The molecule has 0 radical (unpaired) electrons. The quantitative estimate of drug-likeness (QED) is 0.715. The van der Waals surface area contributed by atoms with Gasteiger partial charge in [0.25, 0.3) is 0 Å². The lowest BCUT2D eigenvalue weighted by Gasteiger charge is -2.19. The first-order chi connectivity index (χ1) is 9.89. The van der Waals surface area contributed by atoms with Crippen molar-refractivity contribution in [2.75, 3.05) is 19.8 Å². The van der Waals surface area contributed by atoms with Crippen LogP contribution in [0.4, 0.5) is 0 Å². The summed E-state index contributed by atoms with van der Waals surface area (Å²) in [7, 11) is 0. The van der Waals surface area contributed by atoms with Gasteiger partial charge in [-0.25, -0.2) is 0 Å². The van der Waals surface area contributed by atoms with Crippen LogP contribution in [-0.2, 0) is 19.1 Å². The summed E-state index contributed by atoms with van der Waals surface area (Å²) in [4.78, 5) is 23.1. The Hall–Kier alpha value is -1.40. The Morgan fingerprint density at radius 3 is 1.82 bits per heavy atom. The molecular formula is C16H30N2O4. The molecule has 0 atom stereocenters. The van der Waals surface area contributed by atoms with Gasteiger partial charge >= 0.3 is 0 Å². The van der Waals surface area contributed by atoms with Crippen LogP contribution < -0.4 is 10.6 Å². The molecule has 0 spiro atoms. The van der Waals surface area contributed by atoms with Crippen LogP contribution in [-0.4, -0.2) is 42.8 Å². The fourth-order valence-corrected chi connectivity index (χ4v) is 1.26. The fraction of sp³-hybridized carbons (Fsp3) is 0.750. The van der Waals surface area contributed by atoms with E-state index in [4.69, 9.17) is 9.47 Å². The summed E-state index contributed by atoms with van der Waals surface area (Å²) in [6.45, 7) is 15.4. The van der Waals surface area contributed by atoms with E-state index < -0.39 is 0 Å². The van der Waals surface area contributed by atoms with E-state index >= 15 is 0 Å². The van der Waals surface area contributed by atoms with Gasteiger partial charge in [-0.2, -0.15) is 0 Å². The minimum absolute atomic E-state index is 0.0156. The minimum atomic E-state index is -0.361. The summed E-state index contributed by atoms with van der Waals surface area (Å²) in [6.07, 6.45) is 0.461. The van der Waals surface area contributed by atoms with Crippen LogP contribution in [0, 0.1) is 0 Å². The van der Waals surface area contributed by atoms with Gasteiger partial charge in [0.05, 0.1) is 11.2 Å². The Morgan fingerprint density at radius 1 is 0.909 bits per heavy atom. The summed E-state index contributed by atoms with van der Waals surface area (Å²) in [6, 6.07) is 0. The van der Waals surface area contributed by atoms with Crippen LogP contribution in [0.3, 0.4) is 0 Å². The molecule has 0 aliphatic carbocycles. The number of amides is 2. The zero-order valence-corrected chi connectivity index (χ0v) is 14.7. The molecule has 0 aromatic rings. The van der Waals surface area contributed by atoms with Crippen LogP contribution >= 0.6 is 0 Å². The second kappa shape index (κ2) is 8.90. The van der Waals surface area contributed by atoms with E-state index in [9.17, 15) is 9.59 Å². The van der Waals surface area contributed by atoms with Gasteiger partial charge in [-0.15, -0.1) is 0 Å². The Balaban J connectivity index is 3.81. The van der Waals surface area contributed by atoms with Crippen molar-refractivity contribution >= 4 is 11.8 Å². The maximum atomic E-state index is 11.6. The Kier molecular flexibility index (Phi) is 8.34. The topological polar surface area (TPSA) is 76.7 Å². The number of nitrogens with one attached hydrogen (secondary N) is 2. The summed E-state index contributed by atoms with van der Waals surface area (Å²) in [5.74, 6) is -0.438. The van der Waals surface area contributed by atoms with E-state index in [0.717, 1.165) is 0 Å². The first-order valence-electron chi connectivity index (χ1n) is 7.41. The summed E-state index contributed by atoms with van der Waals surface area (Å²) in [5, 5.41) is 5.35. The molecule has 2 amide bonds. The second-order valence-corrected chi connectivity index (χ2v) is 7.05. The number of ether oxygens (including phenoxy) is 2. The van der Waals surface area contributed by atoms with Crippen molar-refractivity contribution in [3.8, 4) is 0 Å². The van der Waals surface area contributed by atoms with Gasteiger partial charge in [0, 0.05) is 18.7 Å². The number of hydrogen-bond acceptors (Lipinski definition) is 4. The first kappa shape index (κ1) is 20.6. The second-order valence-electron chi connectivity index (χ2n) is 7.05. The summed E-state index contributed by atoms with van der Waals surface area (Å²) >= 11 is 0. The van der Waals surface area contributed by atoms with Gasteiger partial charge in [0.2, 0.25) is 11.8 Å². The van der Waals surface area contributed by atoms with Crippen LogP contribution in [0.1, 0.15) is 48.0 Å². The highest BCUT2D eigenvalue weighted by atomic mass is 16.5. The normalized spacial score (nSPS) is 11.9. The minimum Gasteiger partial charge on any atom is -0.366 e. The summed E-state index contributed by atoms with van der Waals surface area (Å²) < 4.78 is 10.7. The molecule has 0 aliphatic heterocycles. The van der Waals surface area contributed by atoms with Gasteiger partial charge in [-0.3, -0.25) is 9.59 Å². The van der Waals surface area contributed by atoms with Crippen LogP contribution in [0.5, 0.6) is 0 Å². The monoisotopic (exact) mass is 314 g/mol. The lowest BCUT2D eigenvalue weighted by atomic mass is 10.2. The molecule has 0 bridgehead atoms. The third-order valence-electron chi connectivity index (χ3n) is 2.34.